The first-order valence-electron chi connectivity index (χ1n) is 11.1. The van der Waals surface area contributed by atoms with E-state index in [9.17, 15) is 14.7 Å². The first kappa shape index (κ1) is 23.8. The van der Waals surface area contributed by atoms with Gasteiger partial charge >= 0.3 is 5.97 Å². The maximum absolute atomic E-state index is 13.7. The van der Waals surface area contributed by atoms with E-state index in [-0.39, 0.29) is 23.3 Å². The van der Waals surface area contributed by atoms with E-state index >= 15 is 0 Å². The Morgan fingerprint density at radius 1 is 1.20 bits per heavy atom. The summed E-state index contributed by atoms with van der Waals surface area (Å²) in [5.74, 6) is -0.789. The second-order valence-corrected chi connectivity index (χ2v) is 8.13. The minimum atomic E-state index is -0.787. The number of aryl methyl sites for hydroxylation is 2. The van der Waals surface area contributed by atoms with Crippen LogP contribution in [0.15, 0.2) is 53.8 Å². The van der Waals surface area contributed by atoms with Crippen molar-refractivity contribution in [2.45, 2.75) is 32.2 Å². The summed E-state index contributed by atoms with van der Waals surface area (Å²) >= 11 is 0. The number of nitrogens with one attached hydrogen (secondary N) is 2. The van der Waals surface area contributed by atoms with E-state index in [4.69, 9.17) is 9.47 Å². The van der Waals surface area contributed by atoms with Crippen LogP contribution in [0.1, 0.15) is 34.9 Å². The molecule has 10 heteroatoms. The van der Waals surface area contributed by atoms with Gasteiger partial charge in [0.2, 0.25) is 0 Å². The van der Waals surface area contributed by atoms with Crippen molar-refractivity contribution in [1.29, 1.82) is 0 Å². The lowest BCUT2D eigenvalue weighted by atomic mass is 9.87. The number of nitrogens with zero attached hydrogens (tertiary/aromatic N) is 3. The van der Waals surface area contributed by atoms with Gasteiger partial charge < -0.3 is 24.1 Å². The number of imidazole rings is 1. The zero-order chi connectivity index (χ0) is 24.9. The Morgan fingerprint density at radius 3 is 2.63 bits per heavy atom. The van der Waals surface area contributed by atoms with Gasteiger partial charge in [-0.3, -0.25) is 14.7 Å². The molecule has 0 saturated carbocycles. The van der Waals surface area contributed by atoms with E-state index in [0.29, 0.717) is 35.7 Å². The third-order valence-electron chi connectivity index (χ3n) is 6.05. The predicted molar refractivity (Wildman–Crippen MR) is 128 cm³/mol. The SMILES string of the molecule is COC(=O)CC(c1cn[nH]c1-c1ccc(OC)cc1)c1c(O)cc(C)n(CCc2cnc[nH]2)c1=O. The van der Waals surface area contributed by atoms with E-state index in [1.807, 2.05) is 12.1 Å². The molecule has 182 valence electrons. The van der Waals surface area contributed by atoms with Gasteiger partial charge in [0, 0.05) is 47.6 Å². The van der Waals surface area contributed by atoms with Gasteiger partial charge in [0.15, 0.2) is 0 Å². The van der Waals surface area contributed by atoms with Crippen LogP contribution in [0.4, 0.5) is 0 Å². The van der Waals surface area contributed by atoms with Crippen molar-refractivity contribution in [2.75, 3.05) is 14.2 Å². The number of methoxy groups -OCH3 is 2. The highest BCUT2D eigenvalue weighted by atomic mass is 16.5. The average molecular weight is 478 g/mol. The Hall–Kier alpha value is -4.34. The van der Waals surface area contributed by atoms with Crippen LogP contribution < -0.4 is 10.3 Å². The minimum absolute atomic E-state index is 0.113. The van der Waals surface area contributed by atoms with Crippen molar-refractivity contribution in [3.8, 4) is 22.8 Å². The topological polar surface area (TPSA) is 135 Å². The first-order chi connectivity index (χ1) is 16.9. The van der Waals surface area contributed by atoms with Crippen LogP contribution in [-0.4, -0.2) is 50.0 Å². The molecule has 0 amide bonds. The zero-order valence-electron chi connectivity index (χ0n) is 19.7. The lowest BCUT2D eigenvalue weighted by molar-refractivity contribution is -0.140. The number of aromatic amines is 2. The molecule has 10 nitrogen and oxygen atoms in total. The summed E-state index contributed by atoms with van der Waals surface area (Å²) in [4.78, 5) is 33.1. The van der Waals surface area contributed by atoms with Crippen molar-refractivity contribution >= 4 is 5.97 Å². The van der Waals surface area contributed by atoms with Crippen molar-refractivity contribution in [1.82, 2.24) is 24.7 Å². The molecule has 0 bridgehead atoms. The molecule has 4 rings (SSSR count). The van der Waals surface area contributed by atoms with Crippen LogP contribution in [0.2, 0.25) is 0 Å². The van der Waals surface area contributed by atoms with E-state index in [0.717, 1.165) is 11.3 Å². The number of hydrogen-bond acceptors (Lipinski definition) is 7. The summed E-state index contributed by atoms with van der Waals surface area (Å²) in [5.41, 5.74) is 3.24. The van der Waals surface area contributed by atoms with Crippen LogP contribution in [0.3, 0.4) is 0 Å². The van der Waals surface area contributed by atoms with Gasteiger partial charge in [0.05, 0.1) is 44.4 Å². The number of hydrogen-bond donors (Lipinski definition) is 3. The van der Waals surface area contributed by atoms with Crippen LogP contribution in [-0.2, 0) is 22.5 Å². The second-order valence-electron chi connectivity index (χ2n) is 8.13. The summed E-state index contributed by atoms with van der Waals surface area (Å²) in [6.45, 7) is 2.13. The molecule has 0 spiro atoms. The Labute approximate surface area is 201 Å². The van der Waals surface area contributed by atoms with Gasteiger partial charge in [-0.2, -0.15) is 5.10 Å². The Balaban J connectivity index is 1.81. The standard InChI is InChI=1S/C25H27N5O5/c1-15-10-21(31)23(25(33)30(15)9-8-17-12-26-14-27-17)19(11-22(32)35-3)20-13-28-29-24(20)16-4-6-18(34-2)7-5-16/h4-7,10,12-14,19,31H,8-9,11H2,1-3H3,(H,26,27)(H,28,29). The van der Waals surface area contributed by atoms with E-state index < -0.39 is 11.9 Å². The third kappa shape index (κ3) is 4.96. The quantitative estimate of drug-likeness (QED) is 0.315. The number of carbonyl (C=O) groups is 1. The molecular formula is C25H27N5O5. The smallest absolute Gasteiger partial charge is 0.306 e. The molecule has 3 aromatic heterocycles. The Bertz CT molecular complexity index is 1360. The van der Waals surface area contributed by atoms with Crippen LogP contribution >= 0.6 is 0 Å². The lowest BCUT2D eigenvalue weighted by Crippen LogP contribution is -2.29. The summed E-state index contributed by atoms with van der Waals surface area (Å²) in [7, 11) is 2.87. The van der Waals surface area contributed by atoms with Gasteiger partial charge in [0.25, 0.3) is 5.56 Å². The molecule has 0 fully saturated rings. The van der Waals surface area contributed by atoms with Gasteiger partial charge in [-0.25, -0.2) is 4.98 Å². The molecule has 0 radical (unpaired) electrons. The highest BCUT2D eigenvalue weighted by molar-refractivity contribution is 5.73. The number of esters is 1. The largest absolute Gasteiger partial charge is 0.507 e. The zero-order valence-corrected chi connectivity index (χ0v) is 19.7. The molecule has 1 atom stereocenters. The lowest BCUT2D eigenvalue weighted by Gasteiger charge is -2.20. The molecule has 4 aromatic rings. The molecule has 1 aromatic carbocycles. The maximum Gasteiger partial charge on any atom is 0.306 e. The number of benzene rings is 1. The summed E-state index contributed by atoms with van der Waals surface area (Å²) in [6, 6.07) is 8.86. The Morgan fingerprint density at radius 2 is 1.97 bits per heavy atom. The number of aromatic nitrogens is 5. The molecule has 3 N–H and O–H groups in total. The molecular weight excluding hydrogens is 450 g/mol. The van der Waals surface area contributed by atoms with Gasteiger partial charge in [0.1, 0.15) is 11.5 Å². The number of pyridine rings is 1. The molecule has 3 heterocycles. The minimum Gasteiger partial charge on any atom is -0.507 e. The van der Waals surface area contributed by atoms with Crippen LogP contribution in [0.5, 0.6) is 11.5 Å². The van der Waals surface area contributed by atoms with Crippen LogP contribution in [0.25, 0.3) is 11.3 Å². The van der Waals surface area contributed by atoms with E-state index in [1.54, 1.807) is 55.5 Å². The second kappa shape index (κ2) is 10.3. The van der Waals surface area contributed by atoms with Gasteiger partial charge in [-0.15, -0.1) is 0 Å². The fourth-order valence-corrected chi connectivity index (χ4v) is 4.19. The summed E-state index contributed by atoms with van der Waals surface area (Å²) in [5, 5.41) is 18.0. The Kier molecular flexibility index (Phi) is 7.00. The van der Waals surface area contributed by atoms with Crippen molar-refractivity contribution in [3.05, 3.63) is 81.9 Å². The van der Waals surface area contributed by atoms with Crippen molar-refractivity contribution in [3.63, 3.8) is 0 Å². The van der Waals surface area contributed by atoms with Crippen molar-refractivity contribution in [2.24, 2.45) is 0 Å². The van der Waals surface area contributed by atoms with Crippen LogP contribution in [0, 0.1) is 6.92 Å². The molecule has 0 aliphatic rings. The van der Waals surface area contributed by atoms with E-state index in [1.165, 1.54) is 7.11 Å². The van der Waals surface area contributed by atoms with Gasteiger partial charge in [-0.05, 0) is 37.3 Å². The predicted octanol–water partition coefficient (Wildman–Crippen LogP) is 2.92. The fourth-order valence-electron chi connectivity index (χ4n) is 4.19. The number of ether oxygens (including phenoxy) is 2. The maximum atomic E-state index is 13.7. The van der Waals surface area contributed by atoms with Crippen molar-refractivity contribution < 1.29 is 19.4 Å². The molecule has 0 saturated heterocycles. The average Bonchev–Trinajstić information content (AvgIpc) is 3.55. The number of rotatable bonds is 9. The normalized spacial score (nSPS) is 11.9. The highest BCUT2D eigenvalue weighted by Crippen LogP contribution is 2.37. The molecule has 35 heavy (non-hydrogen) atoms. The number of aromatic hydroxyl groups is 1. The molecule has 0 aliphatic heterocycles. The number of H-pyrrole nitrogens is 2. The summed E-state index contributed by atoms with van der Waals surface area (Å²) < 4.78 is 11.7. The monoisotopic (exact) mass is 477 g/mol. The summed E-state index contributed by atoms with van der Waals surface area (Å²) in [6.07, 6.45) is 5.26. The van der Waals surface area contributed by atoms with Gasteiger partial charge in [-0.1, -0.05) is 0 Å². The molecule has 0 aliphatic carbocycles. The fraction of sp³-hybridized carbons (Fsp3) is 0.280. The first-order valence-corrected chi connectivity index (χ1v) is 11.1. The third-order valence-corrected chi connectivity index (χ3v) is 6.05. The molecule has 1 unspecified atom stereocenters. The van der Waals surface area contributed by atoms with E-state index in [2.05, 4.69) is 20.2 Å². The highest BCUT2D eigenvalue weighted by Gasteiger charge is 2.29. The number of carbonyl (C=O) groups excluding carboxylic acids is 1.